The van der Waals surface area contributed by atoms with Gasteiger partial charge in [-0.3, -0.25) is 9.78 Å². The van der Waals surface area contributed by atoms with Crippen molar-refractivity contribution in [3.05, 3.63) is 78.1 Å². The second-order valence-corrected chi connectivity index (χ2v) is 10.8. The van der Waals surface area contributed by atoms with E-state index in [1.807, 2.05) is 26.0 Å². The molecular weight excluding hydrogens is 564 g/mol. The van der Waals surface area contributed by atoms with Gasteiger partial charge in [-0.05, 0) is 49.8 Å². The van der Waals surface area contributed by atoms with Gasteiger partial charge in [0.1, 0.15) is 24.4 Å². The maximum absolute atomic E-state index is 13.4. The molecule has 0 spiro atoms. The minimum absolute atomic E-state index is 0.0223. The van der Waals surface area contributed by atoms with Crippen LogP contribution in [0.1, 0.15) is 61.6 Å². The molecule has 0 saturated heterocycles. The van der Waals surface area contributed by atoms with Crippen molar-refractivity contribution in [1.29, 1.82) is 0 Å². The Morgan fingerprint density at radius 3 is 2.29 bits per heavy atom. The number of pyridine rings is 1. The maximum Gasteiger partial charge on any atom is 0.334 e. The molecule has 1 amide bonds. The molecule has 1 aliphatic heterocycles. The van der Waals surface area contributed by atoms with E-state index >= 15 is 0 Å². The minimum Gasteiger partial charge on any atom is -0.423 e. The van der Waals surface area contributed by atoms with Crippen molar-refractivity contribution in [2.24, 2.45) is 11.8 Å². The van der Waals surface area contributed by atoms with Crippen molar-refractivity contribution in [2.75, 3.05) is 0 Å². The molecule has 0 radical (unpaired) electrons. The summed E-state index contributed by atoms with van der Waals surface area (Å²) in [7, 11) is 0. The summed E-state index contributed by atoms with van der Waals surface area (Å²) in [6.45, 7) is 5.59. The predicted octanol–water partition coefficient (Wildman–Crippen LogP) is 3.66. The number of carbonyl (C=O) groups excluding carboxylic acids is 2. The van der Waals surface area contributed by atoms with Crippen LogP contribution in [0.15, 0.2) is 30.5 Å². The van der Waals surface area contributed by atoms with Crippen molar-refractivity contribution in [2.45, 2.75) is 71.0 Å². The molecule has 4 rings (SSSR count). The van der Waals surface area contributed by atoms with Crippen molar-refractivity contribution in [3.63, 3.8) is 0 Å². The Morgan fingerprint density at radius 2 is 1.73 bits per heavy atom. The molecule has 1 fully saturated rings. The Labute approximate surface area is 239 Å². The van der Waals surface area contributed by atoms with Crippen molar-refractivity contribution >= 4 is 23.5 Å². The number of nitrogens with zero attached hydrogens (tertiary/aromatic N) is 3. The minimum atomic E-state index is -1.31. The van der Waals surface area contributed by atoms with Crippen LogP contribution < -0.4 is 10.1 Å². The monoisotopic (exact) mass is 592 g/mol. The van der Waals surface area contributed by atoms with Gasteiger partial charge in [0.15, 0.2) is 5.75 Å². The van der Waals surface area contributed by atoms with E-state index in [9.17, 15) is 29.8 Å². The fourth-order valence-corrected chi connectivity index (χ4v) is 5.22. The molecule has 1 N–H and O–H groups in total. The van der Waals surface area contributed by atoms with Crippen LogP contribution in [0.2, 0.25) is 5.02 Å². The van der Waals surface area contributed by atoms with Gasteiger partial charge >= 0.3 is 5.97 Å². The molecule has 1 aliphatic carbocycles. The Hall–Kier alpha value is -4.04. The first-order valence-electron chi connectivity index (χ1n) is 12.9. The van der Waals surface area contributed by atoms with Crippen LogP contribution in [0, 0.1) is 39.0 Å². The van der Waals surface area contributed by atoms with Gasteiger partial charge < -0.3 is 24.5 Å². The standard InChI is InChI=1S/C26H29ClN4O10/c1-13(2)8-20(29-25(32)16-9-21(40-30(34)35)22(10-16)41-31(36)37)26(33)39-23-14(3)28-11-18-19(23)12-38-24(18)15-4-6-17(27)7-5-15/h4-7,11,13,16,20-22,24H,8-10,12H2,1-3H3,(H,29,32)/t16-,20-,21+,22-,24+/m1/s1. The zero-order valence-electron chi connectivity index (χ0n) is 22.5. The summed E-state index contributed by atoms with van der Waals surface area (Å²) in [6, 6.07) is 6.11. The lowest BCUT2D eigenvalue weighted by Crippen LogP contribution is -2.46. The van der Waals surface area contributed by atoms with E-state index in [0.717, 1.165) is 11.1 Å². The largest absolute Gasteiger partial charge is 0.423 e. The lowest BCUT2D eigenvalue weighted by molar-refractivity contribution is -0.797. The second kappa shape index (κ2) is 12.6. The van der Waals surface area contributed by atoms with Crippen LogP contribution in [0.3, 0.4) is 0 Å². The number of rotatable bonds is 11. The number of halogens is 1. The van der Waals surface area contributed by atoms with Gasteiger partial charge in [0, 0.05) is 28.3 Å². The van der Waals surface area contributed by atoms with Crippen LogP contribution in [0.4, 0.5) is 0 Å². The first kappa shape index (κ1) is 29.9. The molecule has 0 unspecified atom stereocenters. The molecule has 2 aromatic rings. The molecule has 14 nitrogen and oxygen atoms in total. The van der Waals surface area contributed by atoms with Gasteiger partial charge in [0.2, 0.25) is 5.91 Å². The van der Waals surface area contributed by atoms with Crippen molar-refractivity contribution in [3.8, 4) is 5.75 Å². The number of hydrogen-bond donors (Lipinski definition) is 1. The molecule has 15 heteroatoms. The maximum atomic E-state index is 13.4. The highest BCUT2D eigenvalue weighted by molar-refractivity contribution is 6.30. The lowest BCUT2D eigenvalue weighted by Gasteiger charge is -2.22. The topological polar surface area (TPSA) is 182 Å². The Bertz CT molecular complexity index is 1300. The van der Waals surface area contributed by atoms with E-state index in [-0.39, 0.29) is 37.5 Å². The smallest absolute Gasteiger partial charge is 0.334 e. The molecule has 1 aromatic heterocycles. The van der Waals surface area contributed by atoms with Gasteiger partial charge in [0.25, 0.3) is 10.2 Å². The van der Waals surface area contributed by atoms with Gasteiger partial charge in [0.05, 0.1) is 12.3 Å². The van der Waals surface area contributed by atoms with E-state index in [4.69, 9.17) is 21.1 Å². The number of ether oxygens (including phenoxy) is 2. The van der Waals surface area contributed by atoms with Crippen molar-refractivity contribution < 1.29 is 38.9 Å². The molecule has 220 valence electrons. The number of amides is 1. The SMILES string of the molecule is Cc1ncc2c(c1OC(=O)[C@@H](CC(C)C)NC(=O)[C@@H]1C[C@H](O[N+](=O)[O-])[C@H](O[N+](=O)[O-])C1)CO[C@H]2c1ccc(Cl)cc1. The average molecular weight is 593 g/mol. The third kappa shape index (κ3) is 7.19. The highest BCUT2D eigenvalue weighted by Gasteiger charge is 2.43. The number of fused-ring (bicyclic) bond motifs is 1. The number of esters is 1. The number of carbonyl (C=O) groups is 2. The third-order valence-corrected chi connectivity index (χ3v) is 7.22. The van der Waals surface area contributed by atoms with Gasteiger partial charge in [-0.1, -0.05) is 37.6 Å². The number of hydrogen-bond acceptors (Lipinski definition) is 11. The van der Waals surface area contributed by atoms with Crippen LogP contribution in [-0.2, 0) is 30.6 Å². The number of benzene rings is 1. The van der Waals surface area contributed by atoms with Gasteiger partial charge in [-0.15, -0.1) is 20.2 Å². The highest BCUT2D eigenvalue weighted by Crippen LogP contribution is 2.41. The first-order chi connectivity index (χ1) is 19.4. The number of aromatic nitrogens is 1. The first-order valence-corrected chi connectivity index (χ1v) is 13.3. The summed E-state index contributed by atoms with van der Waals surface area (Å²) in [5.41, 5.74) is 2.72. The van der Waals surface area contributed by atoms with Crippen LogP contribution in [0.5, 0.6) is 5.75 Å². The quantitative estimate of drug-likeness (QED) is 0.228. The molecule has 2 heterocycles. The Morgan fingerprint density at radius 1 is 1.12 bits per heavy atom. The van der Waals surface area contributed by atoms with Crippen molar-refractivity contribution in [1.82, 2.24) is 10.3 Å². The summed E-state index contributed by atoms with van der Waals surface area (Å²) in [6.07, 6.45) is -1.54. The molecule has 0 bridgehead atoms. The molecule has 41 heavy (non-hydrogen) atoms. The summed E-state index contributed by atoms with van der Waals surface area (Å²) >= 11 is 6.01. The normalized spacial score (nSPS) is 22.1. The third-order valence-electron chi connectivity index (χ3n) is 6.97. The Balaban J connectivity index is 1.50. The number of nitrogens with one attached hydrogen (secondary N) is 1. The number of aryl methyl sites for hydroxylation is 1. The van der Waals surface area contributed by atoms with Crippen LogP contribution in [0.25, 0.3) is 0 Å². The van der Waals surface area contributed by atoms with E-state index in [1.54, 1.807) is 25.3 Å². The van der Waals surface area contributed by atoms with Gasteiger partial charge in [-0.2, -0.15) is 0 Å². The van der Waals surface area contributed by atoms with E-state index in [0.29, 0.717) is 16.3 Å². The fourth-order valence-electron chi connectivity index (χ4n) is 5.10. The van der Waals surface area contributed by atoms with Crippen LogP contribution >= 0.6 is 11.6 Å². The van der Waals surface area contributed by atoms with E-state index in [2.05, 4.69) is 20.0 Å². The van der Waals surface area contributed by atoms with Crippen LogP contribution in [-0.4, -0.2) is 45.3 Å². The average Bonchev–Trinajstić information content (AvgIpc) is 3.49. The summed E-state index contributed by atoms with van der Waals surface area (Å²) in [5, 5.41) is 22.7. The summed E-state index contributed by atoms with van der Waals surface area (Å²) in [4.78, 5) is 61.6. The fraction of sp³-hybridized carbons (Fsp3) is 0.500. The Kier molecular flexibility index (Phi) is 9.23. The lowest BCUT2D eigenvalue weighted by atomic mass is 10.00. The molecular formula is C26H29ClN4O10. The van der Waals surface area contributed by atoms with E-state index in [1.165, 1.54) is 0 Å². The highest BCUT2D eigenvalue weighted by atomic mass is 35.5. The zero-order valence-corrected chi connectivity index (χ0v) is 23.2. The van der Waals surface area contributed by atoms with E-state index < -0.39 is 52.3 Å². The zero-order chi connectivity index (χ0) is 29.8. The summed E-state index contributed by atoms with van der Waals surface area (Å²) in [5.74, 6) is -2.06. The summed E-state index contributed by atoms with van der Waals surface area (Å²) < 4.78 is 11.8. The second-order valence-electron chi connectivity index (χ2n) is 10.4. The molecule has 1 saturated carbocycles. The molecule has 2 aliphatic rings. The molecule has 5 atom stereocenters. The van der Waals surface area contributed by atoms with Gasteiger partial charge in [-0.25, -0.2) is 4.79 Å². The molecule has 1 aromatic carbocycles. The predicted molar refractivity (Wildman–Crippen MR) is 141 cm³/mol.